The maximum Gasteiger partial charge on any atom is 0.300 e. The molecule has 0 saturated heterocycles. The molecule has 9 nitrogen and oxygen atoms in total. The van der Waals surface area contributed by atoms with Crippen molar-refractivity contribution >= 4 is 23.0 Å². The molecule has 0 atom stereocenters. The van der Waals surface area contributed by atoms with E-state index in [1.165, 1.54) is 6.07 Å². The number of benzene rings is 1. The van der Waals surface area contributed by atoms with Gasteiger partial charge in [-0.05, 0) is 12.5 Å². The first-order valence-corrected chi connectivity index (χ1v) is 6.43. The summed E-state index contributed by atoms with van der Waals surface area (Å²) in [5.74, 6) is -0.295. The van der Waals surface area contributed by atoms with Crippen LogP contribution in [0.25, 0.3) is 0 Å². The molecule has 0 fully saturated rings. The van der Waals surface area contributed by atoms with Gasteiger partial charge in [-0.3, -0.25) is 35.9 Å². The fourth-order valence-corrected chi connectivity index (χ4v) is 1.63. The highest BCUT2D eigenvalue weighted by Crippen LogP contribution is 2.28. The number of nitro groups is 2. The normalized spacial score (nSPS) is 9.95. The van der Waals surface area contributed by atoms with Crippen LogP contribution in [0.3, 0.4) is 0 Å². The number of non-ortho nitro benzene ring substituents is 1. The molecule has 0 unspecified atom stereocenters. The molecule has 21 heavy (non-hydrogen) atoms. The first-order valence-electron chi connectivity index (χ1n) is 6.43. The second kappa shape index (κ2) is 7.78. The molecular formula is C12H16N4O5. The lowest BCUT2D eigenvalue weighted by atomic mass is 10.2. The van der Waals surface area contributed by atoms with Crippen LogP contribution in [-0.4, -0.2) is 15.8 Å². The second-order valence-corrected chi connectivity index (χ2v) is 4.35. The Labute approximate surface area is 120 Å². The van der Waals surface area contributed by atoms with Gasteiger partial charge in [0.05, 0.1) is 15.9 Å². The molecule has 0 heterocycles. The molecule has 0 aliphatic carbocycles. The van der Waals surface area contributed by atoms with Gasteiger partial charge in [0, 0.05) is 12.5 Å². The van der Waals surface area contributed by atoms with Gasteiger partial charge in [0.2, 0.25) is 5.91 Å². The molecule has 1 aromatic rings. The summed E-state index contributed by atoms with van der Waals surface area (Å²) in [5, 5.41) is 21.5. The van der Waals surface area contributed by atoms with Gasteiger partial charge in [-0.25, -0.2) is 0 Å². The van der Waals surface area contributed by atoms with Crippen molar-refractivity contribution in [3.05, 3.63) is 38.4 Å². The van der Waals surface area contributed by atoms with Crippen LogP contribution in [0.5, 0.6) is 0 Å². The van der Waals surface area contributed by atoms with Gasteiger partial charge in [-0.2, -0.15) is 0 Å². The second-order valence-electron chi connectivity index (χ2n) is 4.35. The maximum absolute atomic E-state index is 11.5. The van der Waals surface area contributed by atoms with E-state index in [1.54, 1.807) is 0 Å². The van der Waals surface area contributed by atoms with Gasteiger partial charge in [0.1, 0.15) is 5.69 Å². The number of carbonyl (C=O) groups is 1. The molecule has 0 saturated carbocycles. The zero-order chi connectivity index (χ0) is 15.8. The van der Waals surface area contributed by atoms with E-state index in [1.807, 2.05) is 6.92 Å². The Hall–Kier alpha value is -2.71. The Balaban J connectivity index is 2.72. The largest absolute Gasteiger partial charge is 0.300 e. The van der Waals surface area contributed by atoms with Crippen LogP contribution >= 0.6 is 0 Å². The van der Waals surface area contributed by atoms with E-state index in [0.717, 1.165) is 31.4 Å². The van der Waals surface area contributed by atoms with Crippen LogP contribution in [0.1, 0.15) is 32.6 Å². The summed E-state index contributed by atoms with van der Waals surface area (Å²) < 4.78 is 0. The molecule has 0 aromatic heterocycles. The summed E-state index contributed by atoms with van der Waals surface area (Å²) >= 11 is 0. The van der Waals surface area contributed by atoms with Crippen molar-refractivity contribution in [1.82, 2.24) is 5.43 Å². The summed E-state index contributed by atoms with van der Waals surface area (Å²) in [6.45, 7) is 2.01. The topological polar surface area (TPSA) is 127 Å². The molecule has 1 amide bonds. The van der Waals surface area contributed by atoms with Crippen molar-refractivity contribution in [2.75, 3.05) is 5.43 Å². The van der Waals surface area contributed by atoms with E-state index in [0.29, 0.717) is 6.42 Å². The quantitative estimate of drug-likeness (QED) is 0.431. The van der Waals surface area contributed by atoms with Gasteiger partial charge in [0.25, 0.3) is 5.69 Å². The van der Waals surface area contributed by atoms with Crippen LogP contribution in [0.4, 0.5) is 17.1 Å². The minimum absolute atomic E-state index is 0.00515. The highest BCUT2D eigenvalue weighted by molar-refractivity contribution is 5.78. The zero-order valence-electron chi connectivity index (χ0n) is 11.5. The Kier molecular flexibility index (Phi) is 6.05. The van der Waals surface area contributed by atoms with Crippen molar-refractivity contribution in [2.24, 2.45) is 0 Å². The molecule has 0 bridgehead atoms. The number of amides is 1. The van der Waals surface area contributed by atoms with E-state index in [9.17, 15) is 25.0 Å². The summed E-state index contributed by atoms with van der Waals surface area (Å²) in [5.41, 5.74) is 3.90. The first-order chi connectivity index (χ1) is 9.95. The summed E-state index contributed by atoms with van der Waals surface area (Å²) in [7, 11) is 0. The lowest BCUT2D eigenvalue weighted by Crippen LogP contribution is -2.29. The number of carbonyl (C=O) groups excluding carboxylic acids is 1. The highest BCUT2D eigenvalue weighted by atomic mass is 16.6. The number of rotatable bonds is 8. The summed E-state index contributed by atoms with van der Waals surface area (Å²) in [4.78, 5) is 31.5. The molecule has 1 rings (SSSR count). The molecule has 0 spiro atoms. The Morgan fingerprint density at radius 3 is 2.48 bits per heavy atom. The van der Waals surface area contributed by atoms with Crippen molar-refractivity contribution < 1.29 is 14.6 Å². The Morgan fingerprint density at radius 2 is 1.90 bits per heavy atom. The number of hydrogen-bond donors (Lipinski definition) is 2. The minimum Gasteiger partial charge on any atom is -0.292 e. The van der Waals surface area contributed by atoms with Crippen molar-refractivity contribution in [3.63, 3.8) is 0 Å². The molecule has 0 aliphatic heterocycles. The molecular weight excluding hydrogens is 280 g/mol. The highest BCUT2D eigenvalue weighted by Gasteiger charge is 2.19. The van der Waals surface area contributed by atoms with E-state index < -0.39 is 15.5 Å². The van der Waals surface area contributed by atoms with Gasteiger partial charge >= 0.3 is 5.69 Å². The Morgan fingerprint density at radius 1 is 1.19 bits per heavy atom. The fourth-order valence-electron chi connectivity index (χ4n) is 1.63. The zero-order valence-corrected chi connectivity index (χ0v) is 11.5. The maximum atomic E-state index is 11.5. The van der Waals surface area contributed by atoms with Gasteiger partial charge in [-0.1, -0.05) is 19.8 Å². The van der Waals surface area contributed by atoms with Crippen molar-refractivity contribution in [2.45, 2.75) is 32.6 Å². The molecule has 9 heteroatoms. The van der Waals surface area contributed by atoms with E-state index in [-0.39, 0.29) is 17.3 Å². The predicted molar refractivity (Wildman–Crippen MR) is 75.7 cm³/mol. The van der Waals surface area contributed by atoms with Crippen molar-refractivity contribution in [3.8, 4) is 0 Å². The monoisotopic (exact) mass is 296 g/mol. The number of nitrogens with one attached hydrogen (secondary N) is 2. The van der Waals surface area contributed by atoms with Crippen LogP contribution in [0, 0.1) is 20.2 Å². The lowest BCUT2D eigenvalue weighted by Gasteiger charge is -2.08. The molecule has 1 aromatic carbocycles. The summed E-state index contributed by atoms with van der Waals surface area (Å²) in [6, 6.07) is 3.15. The van der Waals surface area contributed by atoms with Crippen molar-refractivity contribution in [1.29, 1.82) is 0 Å². The standard InChI is InChI=1S/C12H16N4O5/c1-2-3-4-5-12(17)14-13-10-7-6-9(15(18)19)8-11(10)16(20)21/h6-8,13H,2-5H2,1H3,(H,14,17). The van der Waals surface area contributed by atoms with E-state index in [4.69, 9.17) is 0 Å². The van der Waals surface area contributed by atoms with Crippen LogP contribution in [0.15, 0.2) is 18.2 Å². The SMILES string of the molecule is CCCCCC(=O)NNc1ccc([N+](=O)[O-])cc1[N+](=O)[O-]. The Bertz CT molecular complexity index is 546. The number of nitrogens with zero attached hydrogens (tertiary/aromatic N) is 2. The van der Waals surface area contributed by atoms with Gasteiger partial charge < -0.3 is 0 Å². The molecule has 0 radical (unpaired) electrons. The number of anilines is 1. The molecule has 0 aliphatic rings. The third-order valence-electron chi connectivity index (χ3n) is 2.73. The number of hydrogen-bond acceptors (Lipinski definition) is 6. The molecule has 114 valence electrons. The lowest BCUT2D eigenvalue weighted by molar-refractivity contribution is -0.393. The van der Waals surface area contributed by atoms with Crippen LogP contribution < -0.4 is 10.9 Å². The number of nitro benzene ring substituents is 2. The fraction of sp³-hybridized carbons (Fsp3) is 0.417. The van der Waals surface area contributed by atoms with Crippen LogP contribution in [-0.2, 0) is 4.79 Å². The first kappa shape index (κ1) is 16.3. The van der Waals surface area contributed by atoms with Gasteiger partial charge in [0.15, 0.2) is 0 Å². The van der Waals surface area contributed by atoms with E-state index in [2.05, 4.69) is 10.9 Å². The smallest absolute Gasteiger partial charge is 0.292 e. The summed E-state index contributed by atoms with van der Waals surface area (Å²) in [6.07, 6.45) is 2.94. The van der Waals surface area contributed by atoms with Crippen LogP contribution in [0.2, 0.25) is 0 Å². The third kappa shape index (κ3) is 5.05. The minimum atomic E-state index is -0.751. The average Bonchev–Trinajstić information content (AvgIpc) is 2.45. The average molecular weight is 296 g/mol. The third-order valence-corrected chi connectivity index (χ3v) is 2.73. The van der Waals surface area contributed by atoms with Gasteiger partial charge in [-0.15, -0.1) is 0 Å². The number of hydrazine groups is 1. The number of unbranched alkanes of at least 4 members (excludes halogenated alkanes) is 2. The molecule has 2 N–H and O–H groups in total. The predicted octanol–water partition coefficient (Wildman–Crippen LogP) is 2.53. The van der Waals surface area contributed by atoms with E-state index >= 15 is 0 Å².